The largest absolute Gasteiger partial charge is 0.480 e. The fourth-order valence-corrected chi connectivity index (χ4v) is 3.42. The number of nitrogens with zero attached hydrogens (tertiary/aromatic N) is 1. The number of carboxylic acid groups (broad SMARTS) is 1. The van der Waals surface area contributed by atoms with E-state index in [4.69, 9.17) is 29.6 Å². The van der Waals surface area contributed by atoms with E-state index < -0.39 is 30.2 Å². The van der Waals surface area contributed by atoms with E-state index in [1.54, 1.807) is 30.3 Å². The van der Waals surface area contributed by atoms with Gasteiger partial charge in [-0.05, 0) is 23.8 Å². The van der Waals surface area contributed by atoms with Crippen molar-refractivity contribution in [3.05, 3.63) is 39.8 Å². The number of carbonyl (C=O) groups is 3. The van der Waals surface area contributed by atoms with Gasteiger partial charge in [0.05, 0.1) is 11.3 Å². The van der Waals surface area contributed by atoms with E-state index in [1.165, 1.54) is 0 Å². The fraction of sp³-hybridized carbons (Fsp3) is 0.143. The number of carboxylic acids is 1. The number of benzene rings is 1. The molecule has 1 unspecified atom stereocenters. The van der Waals surface area contributed by atoms with Crippen molar-refractivity contribution in [1.29, 1.82) is 0 Å². The normalized spacial score (nSPS) is 17.6. The maximum absolute atomic E-state index is 12.4. The van der Waals surface area contributed by atoms with Gasteiger partial charge in [0.2, 0.25) is 5.91 Å². The molecule has 3 N–H and O–H groups in total. The molecule has 0 bridgehead atoms. The lowest BCUT2D eigenvalue weighted by Crippen LogP contribution is -2.46. The molecule has 120 valence electrons. The third kappa shape index (κ3) is 4.10. The van der Waals surface area contributed by atoms with Crippen molar-refractivity contribution in [2.75, 3.05) is 0 Å². The number of amides is 2. The van der Waals surface area contributed by atoms with Crippen LogP contribution in [0.4, 0.5) is 0 Å². The van der Waals surface area contributed by atoms with Crippen molar-refractivity contribution in [2.24, 2.45) is 5.73 Å². The first-order chi connectivity index (χ1) is 10.8. The van der Waals surface area contributed by atoms with E-state index in [-0.39, 0.29) is 9.23 Å². The first kappa shape index (κ1) is 17.5. The average Bonchev–Trinajstić information content (AvgIpc) is 2.73. The molecule has 9 heteroatoms. The van der Waals surface area contributed by atoms with Crippen molar-refractivity contribution < 1.29 is 19.5 Å². The standard InChI is InChI=1S/C14H11ClN2O4S2/c15-8-3-1-7(2-4-8)5-10-12(19)17(14(22)23-10)9(13(20)21)6-11(16)18/h1-5,9H,6H2,(H2,16,18)(H,20,21)/b10-5-. The molecule has 1 atom stereocenters. The highest BCUT2D eigenvalue weighted by Crippen LogP contribution is 2.34. The number of halogens is 1. The molecule has 1 aromatic rings. The minimum Gasteiger partial charge on any atom is -0.480 e. The Labute approximate surface area is 146 Å². The van der Waals surface area contributed by atoms with Gasteiger partial charge in [-0.25, -0.2) is 4.79 Å². The number of nitrogens with two attached hydrogens (primary N) is 1. The van der Waals surface area contributed by atoms with Crippen LogP contribution in [0.5, 0.6) is 0 Å². The Bertz CT molecular complexity index is 718. The van der Waals surface area contributed by atoms with Crippen LogP contribution in [-0.4, -0.2) is 38.2 Å². The second-order valence-electron chi connectivity index (χ2n) is 4.63. The summed E-state index contributed by atoms with van der Waals surface area (Å²) in [5.74, 6) is -2.73. The maximum atomic E-state index is 12.4. The van der Waals surface area contributed by atoms with Crippen LogP contribution in [0, 0.1) is 0 Å². The van der Waals surface area contributed by atoms with Crippen molar-refractivity contribution in [1.82, 2.24) is 4.90 Å². The van der Waals surface area contributed by atoms with Gasteiger partial charge in [0.25, 0.3) is 5.91 Å². The average molecular weight is 371 g/mol. The molecule has 0 saturated carbocycles. The molecular formula is C14H11ClN2O4S2. The Morgan fingerprint density at radius 3 is 2.52 bits per heavy atom. The van der Waals surface area contributed by atoms with E-state index >= 15 is 0 Å². The third-order valence-electron chi connectivity index (χ3n) is 2.98. The van der Waals surface area contributed by atoms with Crippen LogP contribution in [-0.2, 0) is 14.4 Å². The Morgan fingerprint density at radius 1 is 1.39 bits per heavy atom. The lowest BCUT2D eigenvalue weighted by molar-refractivity contribution is -0.146. The van der Waals surface area contributed by atoms with E-state index in [1.807, 2.05) is 0 Å². The summed E-state index contributed by atoms with van der Waals surface area (Å²) in [7, 11) is 0. The van der Waals surface area contributed by atoms with Crippen molar-refractivity contribution in [3.8, 4) is 0 Å². The van der Waals surface area contributed by atoms with Gasteiger partial charge in [0.15, 0.2) is 0 Å². The summed E-state index contributed by atoms with van der Waals surface area (Å²) in [6.07, 6.45) is 1.08. The number of hydrogen-bond donors (Lipinski definition) is 2. The molecular weight excluding hydrogens is 360 g/mol. The van der Waals surface area contributed by atoms with Crippen LogP contribution in [0.2, 0.25) is 5.02 Å². The van der Waals surface area contributed by atoms with Gasteiger partial charge in [-0.2, -0.15) is 0 Å². The molecule has 0 aromatic heterocycles. The highest BCUT2D eigenvalue weighted by atomic mass is 35.5. The zero-order chi connectivity index (χ0) is 17.1. The SMILES string of the molecule is NC(=O)CC(C(=O)O)N1C(=O)/C(=C/c2ccc(Cl)cc2)SC1=S. The zero-order valence-corrected chi connectivity index (χ0v) is 14.0. The van der Waals surface area contributed by atoms with E-state index in [2.05, 4.69) is 0 Å². The Kier molecular flexibility index (Phi) is 5.40. The second-order valence-corrected chi connectivity index (χ2v) is 6.74. The predicted octanol–water partition coefficient (Wildman–Crippen LogP) is 1.87. The number of primary amides is 1. The maximum Gasteiger partial charge on any atom is 0.327 e. The van der Waals surface area contributed by atoms with E-state index in [0.717, 1.165) is 22.2 Å². The highest BCUT2D eigenvalue weighted by Gasteiger charge is 2.41. The summed E-state index contributed by atoms with van der Waals surface area (Å²) in [6.45, 7) is 0. The third-order valence-corrected chi connectivity index (χ3v) is 4.56. The summed E-state index contributed by atoms with van der Waals surface area (Å²) < 4.78 is 0.0730. The lowest BCUT2D eigenvalue weighted by Gasteiger charge is -2.21. The second kappa shape index (κ2) is 7.12. The number of thioether (sulfide) groups is 1. The molecule has 6 nitrogen and oxygen atoms in total. The smallest absolute Gasteiger partial charge is 0.327 e. The molecule has 2 rings (SSSR count). The lowest BCUT2D eigenvalue weighted by atomic mass is 10.1. The molecule has 1 aliphatic rings. The minimum atomic E-state index is -1.41. The molecule has 0 aliphatic carbocycles. The van der Waals surface area contributed by atoms with Crippen molar-refractivity contribution in [2.45, 2.75) is 12.5 Å². The van der Waals surface area contributed by atoms with E-state index in [0.29, 0.717) is 5.02 Å². The number of thiocarbonyl (C=S) groups is 1. The van der Waals surface area contributed by atoms with Crippen molar-refractivity contribution in [3.63, 3.8) is 0 Å². The van der Waals surface area contributed by atoms with Crippen LogP contribution in [0.3, 0.4) is 0 Å². The van der Waals surface area contributed by atoms with Crippen LogP contribution in [0.1, 0.15) is 12.0 Å². The number of hydrogen-bond acceptors (Lipinski definition) is 5. The zero-order valence-electron chi connectivity index (χ0n) is 11.6. The van der Waals surface area contributed by atoms with Gasteiger partial charge in [0, 0.05) is 5.02 Å². The van der Waals surface area contributed by atoms with Gasteiger partial charge in [0.1, 0.15) is 10.4 Å². The van der Waals surface area contributed by atoms with Gasteiger partial charge < -0.3 is 10.8 Å². The number of carbonyl (C=O) groups excluding carboxylic acids is 2. The Morgan fingerprint density at radius 2 is 2.00 bits per heavy atom. The van der Waals surface area contributed by atoms with Crippen LogP contribution in [0.25, 0.3) is 6.08 Å². The van der Waals surface area contributed by atoms with Crippen LogP contribution in [0.15, 0.2) is 29.2 Å². The highest BCUT2D eigenvalue weighted by molar-refractivity contribution is 8.26. The van der Waals surface area contributed by atoms with Crippen LogP contribution >= 0.6 is 35.6 Å². The van der Waals surface area contributed by atoms with Crippen molar-refractivity contribution >= 4 is 63.8 Å². The molecule has 1 fully saturated rings. The number of rotatable bonds is 5. The molecule has 1 heterocycles. The summed E-state index contributed by atoms with van der Waals surface area (Å²) >= 11 is 11.8. The predicted molar refractivity (Wildman–Crippen MR) is 91.7 cm³/mol. The molecule has 1 aromatic carbocycles. The first-order valence-corrected chi connectivity index (χ1v) is 7.93. The fourth-order valence-electron chi connectivity index (χ4n) is 1.94. The summed E-state index contributed by atoms with van der Waals surface area (Å²) in [5.41, 5.74) is 5.76. The summed E-state index contributed by atoms with van der Waals surface area (Å²) in [4.78, 5) is 35.9. The molecule has 0 spiro atoms. The summed E-state index contributed by atoms with van der Waals surface area (Å²) in [6, 6.07) is 5.36. The molecule has 1 aliphatic heterocycles. The number of aliphatic carboxylic acids is 1. The topological polar surface area (TPSA) is 101 Å². The monoisotopic (exact) mass is 370 g/mol. The molecule has 2 amide bonds. The van der Waals surface area contributed by atoms with Gasteiger partial charge in [-0.15, -0.1) is 0 Å². The first-order valence-electron chi connectivity index (χ1n) is 6.33. The Hall–Kier alpha value is -1.90. The van der Waals surface area contributed by atoms with Gasteiger partial charge >= 0.3 is 5.97 Å². The Balaban J connectivity index is 2.30. The minimum absolute atomic E-state index is 0.0730. The molecule has 1 saturated heterocycles. The van der Waals surface area contributed by atoms with Gasteiger partial charge in [-0.3, -0.25) is 14.5 Å². The van der Waals surface area contributed by atoms with Gasteiger partial charge in [-0.1, -0.05) is 47.7 Å². The molecule has 23 heavy (non-hydrogen) atoms. The van der Waals surface area contributed by atoms with Crippen LogP contribution < -0.4 is 5.73 Å². The summed E-state index contributed by atoms with van der Waals surface area (Å²) in [5, 5.41) is 9.78. The van der Waals surface area contributed by atoms with E-state index in [9.17, 15) is 19.5 Å². The quantitative estimate of drug-likeness (QED) is 0.606. The molecule has 0 radical (unpaired) electrons.